The van der Waals surface area contributed by atoms with Gasteiger partial charge in [0.2, 0.25) is 0 Å². The molecular weight excluding hydrogens is 637 g/mol. The van der Waals surface area contributed by atoms with Crippen LogP contribution < -0.4 is 0 Å². The lowest BCUT2D eigenvalue weighted by Crippen LogP contribution is -1.93. The zero-order valence-corrected chi connectivity index (χ0v) is 28.6. The van der Waals surface area contributed by atoms with E-state index >= 15 is 0 Å². The average molecular weight is 678 g/mol. The maximum absolute atomic E-state index is 9.07. The topological polar surface area (TPSA) is 0 Å². The minimum atomic E-state index is -0.454. The maximum Gasteiger partial charge on any atom is 0.0629 e. The van der Waals surface area contributed by atoms with Gasteiger partial charge in [-0.05, 0) is 122 Å². The van der Waals surface area contributed by atoms with Crippen LogP contribution in [-0.2, 0) is 6.42 Å². The molecule has 0 aromatic heterocycles. The first-order valence-corrected chi connectivity index (χ1v) is 18.0. The maximum atomic E-state index is 9.07. The summed E-state index contributed by atoms with van der Waals surface area (Å²) >= 11 is 0. The third kappa shape index (κ3) is 4.69. The van der Waals surface area contributed by atoms with Crippen molar-refractivity contribution in [3.63, 3.8) is 0 Å². The summed E-state index contributed by atoms with van der Waals surface area (Å²) in [5.74, 6) is 0. The summed E-state index contributed by atoms with van der Waals surface area (Å²) in [7, 11) is 0. The molecule has 0 unspecified atom stereocenters. The third-order valence-corrected chi connectivity index (χ3v) is 11.0. The highest BCUT2D eigenvalue weighted by atomic mass is 14.3. The summed E-state index contributed by atoms with van der Waals surface area (Å²) in [6.07, 6.45) is 0.533. The van der Waals surface area contributed by atoms with Crippen LogP contribution in [-0.4, -0.2) is 0 Å². The van der Waals surface area contributed by atoms with E-state index in [1.165, 1.54) is 49.0 Å². The van der Waals surface area contributed by atoms with Crippen LogP contribution in [0.4, 0.5) is 0 Å². The lowest BCUT2D eigenvalue weighted by atomic mass is 9.83. The summed E-state index contributed by atoms with van der Waals surface area (Å²) in [5.41, 5.74) is 11.9. The molecule has 0 heteroatoms. The van der Waals surface area contributed by atoms with E-state index in [0.717, 1.165) is 38.9 Å². The summed E-state index contributed by atoms with van der Waals surface area (Å²) in [6.45, 7) is 0. The molecule has 0 N–H and O–H groups in total. The molecule has 0 aliphatic heterocycles. The van der Waals surface area contributed by atoms with Crippen molar-refractivity contribution in [2.24, 2.45) is 0 Å². The second-order valence-corrected chi connectivity index (χ2v) is 13.8. The van der Waals surface area contributed by atoms with Crippen molar-refractivity contribution in [1.29, 1.82) is 0 Å². The minimum absolute atomic E-state index is 0.0330. The van der Waals surface area contributed by atoms with Gasteiger partial charge in [-0.3, -0.25) is 0 Å². The number of hydrogen-bond donors (Lipinski definition) is 0. The lowest BCUT2D eigenvalue weighted by molar-refractivity contribution is 1.27. The molecule has 0 spiro atoms. The molecule has 53 heavy (non-hydrogen) atoms. The Bertz CT molecular complexity index is 3430. The van der Waals surface area contributed by atoms with E-state index in [1.54, 1.807) is 0 Å². The molecule has 0 amide bonds. The number of rotatable bonds is 4. The van der Waals surface area contributed by atoms with E-state index in [1.807, 2.05) is 12.1 Å². The van der Waals surface area contributed by atoms with Gasteiger partial charge >= 0.3 is 0 Å². The van der Waals surface area contributed by atoms with Gasteiger partial charge in [0.1, 0.15) is 0 Å². The van der Waals surface area contributed by atoms with Crippen molar-refractivity contribution < 1.29 is 9.60 Å². The van der Waals surface area contributed by atoms with Crippen LogP contribution in [0, 0.1) is 0 Å². The van der Waals surface area contributed by atoms with Gasteiger partial charge in [-0.15, -0.1) is 0 Å². The quantitative estimate of drug-likeness (QED) is 0.163. The van der Waals surface area contributed by atoms with E-state index in [4.69, 9.17) is 9.60 Å². The minimum Gasteiger partial charge on any atom is -0.0616 e. The van der Waals surface area contributed by atoms with Crippen molar-refractivity contribution >= 4 is 43.1 Å². The van der Waals surface area contributed by atoms with Gasteiger partial charge in [-0.2, -0.15) is 0 Å². The molecule has 0 atom stereocenters. The zero-order chi connectivity index (χ0) is 41.0. The first-order chi connectivity index (χ1) is 29.2. The smallest absolute Gasteiger partial charge is 0.0616 e. The Labute approximate surface area is 319 Å². The third-order valence-electron chi connectivity index (χ3n) is 11.0. The number of hydrogen-bond acceptors (Lipinski definition) is 0. The molecule has 11 rings (SSSR count). The van der Waals surface area contributed by atoms with Gasteiger partial charge < -0.3 is 0 Å². The fraction of sp³-hybridized carbons (Fsp3) is 0.0189. The number of benzene rings is 10. The molecule has 0 nitrogen and oxygen atoms in total. The molecule has 246 valence electrons. The van der Waals surface area contributed by atoms with Crippen LogP contribution in [0.3, 0.4) is 0 Å². The van der Waals surface area contributed by atoms with E-state index in [2.05, 4.69) is 140 Å². The Balaban J connectivity index is 1.08. The van der Waals surface area contributed by atoms with Crippen molar-refractivity contribution in [2.45, 2.75) is 6.42 Å². The first kappa shape index (κ1) is 23.7. The molecule has 0 saturated carbocycles. The van der Waals surface area contributed by atoms with Crippen LogP contribution >= 0.6 is 0 Å². The molecule has 1 aliphatic carbocycles. The molecule has 10 aromatic rings. The first-order valence-electron chi connectivity index (χ1n) is 21.5. The van der Waals surface area contributed by atoms with Crippen molar-refractivity contribution in [2.75, 3.05) is 0 Å². The van der Waals surface area contributed by atoms with Gasteiger partial charge in [0.25, 0.3) is 0 Å². The molecule has 0 saturated heterocycles. The van der Waals surface area contributed by atoms with Gasteiger partial charge in [-0.1, -0.05) is 188 Å². The largest absolute Gasteiger partial charge is 0.0629 e. The molecule has 0 heterocycles. The second kappa shape index (κ2) is 11.9. The van der Waals surface area contributed by atoms with Crippen LogP contribution in [0.25, 0.3) is 98.7 Å². The monoisotopic (exact) mass is 677 g/mol. The predicted octanol–water partition coefficient (Wildman–Crippen LogP) is 14.5. The molecular formula is C53H34. The van der Waals surface area contributed by atoms with Crippen LogP contribution in [0.15, 0.2) is 194 Å². The highest BCUT2D eigenvalue weighted by molar-refractivity contribution is 6.22. The van der Waals surface area contributed by atoms with Gasteiger partial charge in [-0.25, -0.2) is 0 Å². The Kier molecular flexibility index (Phi) is 5.32. The van der Waals surface area contributed by atoms with Gasteiger partial charge in [0, 0.05) is 0 Å². The highest BCUT2D eigenvalue weighted by Gasteiger charge is 2.24. The van der Waals surface area contributed by atoms with E-state index < -0.39 is 12.1 Å². The fourth-order valence-electron chi connectivity index (χ4n) is 8.67. The van der Waals surface area contributed by atoms with E-state index in [9.17, 15) is 0 Å². The second-order valence-electron chi connectivity index (χ2n) is 13.8. The summed E-state index contributed by atoms with van der Waals surface area (Å²) in [6, 6.07) is 51.2. The Morgan fingerprint density at radius 1 is 0.340 bits per heavy atom. The fourth-order valence-corrected chi connectivity index (χ4v) is 8.67. The summed E-state index contributed by atoms with van der Waals surface area (Å²) in [4.78, 5) is 0. The highest BCUT2D eigenvalue weighted by Crippen LogP contribution is 2.48. The predicted molar refractivity (Wildman–Crippen MR) is 226 cm³/mol. The molecule has 0 radical (unpaired) electrons. The molecule has 0 bridgehead atoms. The molecule has 10 aromatic carbocycles. The standard InChI is InChI=1S/C53H34/c1-2-15-36-31-38(28-27-34(36)13-1)52-47-20-7-9-22-49(47)53(50-23-10-8-21-48(50)52)46-19-6-5-18-41(46)37-29-30-42-39(32-37)33-51-44(42)25-12-26-45(51)43-24-11-16-35-14-3-4-17-40(35)43/h1-32H,33H2/i3D,4D,11D,14D,16D,17D,24D. The van der Waals surface area contributed by atoms with Gasteiger partial charge in [0.15, 0.2) is 0 Å². The number of fused-ring (bicyclic) bond motifs is 7. The van der Waals surface area contributed by atoms with Gasteiger partial charge in [0.05, 0.1) is 9.60 Å². The van der Waals surface area contributed by atoms with Crippen LogP contribution in [0.1, 0.15) is 20.7 Å². The Morgan fingerprint density at radius 2 is 0.943 bits per heavy atom. The lowest BCUT2D eigenvalue weighted by Gasteiger charge is -2.20. The molecule has 0 fully saturated rings. The van der Waals surface area contributed by atoms with E-state index in [0.29, 0.717) is 12.0 Å². The zero-order valence-electron chi connectivity index (χ0n) is 35.6. The molecule has 1 aliphatic rings. The van der Waals surface area contributed by atoms with Crippen LogP contribution in [0.2, 0.25) is 0 Å². The van der Waals surface area contributed by atoms with E-state index in [-0.39, 0.29) is 46.5 Å². The SMILES string of the molecule is [2H]c1c([2H])c([2H])c2c(-c3cccc4c3Cc3cc(-c5ccccc5-c5c6ccccc6c(-c6ccc7ccccc7c6)c6ccccc56)ccc3-4)c([2H])c([2H])c([2H])c2c1[2H]. The normalized spacial score (nSPS) is 13.9. The summed E-state index contributed by atoms with van der Waals surface area (Å²) < 4.78 is 60.7. The van der Waals surface area contributed by atoms with Crippen LogP contribution in [0.5, 0.6) is 0 Å². The van der Waals surface area contributed by atoms with Crippen molar-refractivity contribution in [1.82, 2.24) is 0 Å². The average Bonchev–Trinajstić information content (AvgIpc) is 3.67. The Morgan fingerprint density at radius 3 is 1.74 bits per heavy atom. The Hall–Kier alpha value is -6.76. The van der Waals surface area contributed by atoms with Crippen molar-refractivity contribution in [3.05, 3.63) is 205 Å². The van der Waals surface area contributed by atoms with Crippen molar-refractivity contribution in [3.8, 4) is 55.6 Å². The summed E-state index contributed by atoms with van der Waals surface area (Å²) in [5, 5.41) is 7.22.